The van der Waals surface area contributed by atoms with Crippen molar-refractivity contribution in [2.24, 2.45) is 5.92 Å². The fourth-order valence-electron chi connectivity index (χ4n) is 2.99. The molecule has 2 rings (SSSR count). The highest BCUT2D eigenvalue weighted by molar-refractivity contribution is 7.15. The van der Waals surface area contributed by atoms with Crippen LogP contribution in [0.25, 0.3) is 0 Å². The molecule has 0 aromatic carbocycles. The smallest absolute Gasteiger partial charge is 0.185 e. The van der Waals surface area contributed by atoms with Crippen LogP contribution in [0.4, 0.5) is 5.13 Å². The monoisotopic (exact) mass is 295 g/mol. The predicted octanol–water partition coefficient (Wildman–Crippen LogP) is 3.79. The molecule has 1 aromatic rings. The summed E-state index contributed by atoms with van der Waals surface area (Å²) in [5.41, 5.74) is 1.40. The maximum absolute atomic E-state index is 4.98. The van der Waals surface area contributed by atoms with Gasteiger partial charge in [0, 0.05) is 29.9 Å². The molecule has 1 aliphatic heterocycles. The van der Waals surface area contributed by atoms with Gasteiger partial charge in [0.15, 0.2) is 5.13 Å². The number of nitrogens with one attached hydrogen (secondary N) is 1. The Hall–Kier alpha value is -0.610. The molecule has 2 heterocycles. The van der Waals surface area contributed by atoms with E-state index in [1.165, 1.54) is 48.1 Å². The maximum atomic E-state index is 4.98. The Balaban J connectivity index is 2.17. The summed E-state index contributed by atoms with van der Waals surface area (Å²) in [4.78, 5) is 8.88. The van der Waals surface area contributed by atoms with E-state index in [0.29, 0.717) is 0 Å². The predicted molar refractivity (Wildman–Crippen MR) is 88.8 cm³/mol. The van der Waals surface area contributed by atoms with Crippen molar-refractivity contribution >= 4 is 16.5 Å². The Kier molecular flexibility index (Phi) is 5.08. The highest BCUT2D eigenvalue weighted by Crippen LogP contribution is 2.36. The van der Waals surface area contributed by atoms with Gasteiger partial charge in [0.25, 0.3) is 0 Å². The molecule has 3 nitrogen and oxygen atoms in total. The van der Waals surface area contributed by atoms with Gasteiger partial charge in [0.1, 0.15) is 0 Å². The molecule has 0 aliphatic carbocycles. The zero-order valence-electron chi connectivity index (χ0n) is 13.6. The lowest BCUT2D eigenvalue weighted by Crippen LogP contribution is -2.20. The molecule has 0 amide bonds. The molecular formula is C16H29N3S. The van der Waals surface area contributed by atoms with Crippen LogP contribution in [0.3, 0.4) is 0 Å². The normalized spacial score (nSPS) is 19.9. The largest absolute Gasteiger partial charge is 0.348 e. The van der Waals surface area contributed by atoms with Crippen LogP contribution in [0.2, 0.25) is 0 Å². The quantitative estimate of drug-likeness (QED) is 0.896. The zero-order chi connectivity index (χ0) is 14.8. The van der Waals surface area contributed by atoms with E-state index >= 15 is 0 Å². The molecular weight excluding hydrogens is 266 g/mol. The first-order valence-corrected chi connectivity index (χ1v) is 8.67. The minimum Gasteiger partial charge on any atom is -0.348 e. The molecule has 1 aromatic heterocycles. The van der Waals surface area contributed by atoms with Gasteiger partial charge in [-0.05, 0) is 25.8 Å². The molecule has 1 unspecified atom stereocenters. The van der Waals surface area contributed by atoms with Crippen LogP contribution in [-0.2, 0) is 12.0 Å². The third-order valence-corrected chi connectivity index (χ3v) is 5.10. The van der Waals surface area contributed by atoms with Crippen molar-refractivity contribution < 1.29 is 0 Å². The van der Waals surface area contributed by atoms with Crippen molar-refractivity contribution in [3.05, 3.63) is 10.6 Å². The molecule has 1 N–H and O–H groups in total. The summed E-state index contributed by atoms with van der Waals surface area (Å²) >= 11 is 1.88. The number of anilines is 1. The summed E-state index contributed by atoms with van der Waals surface area (Å²) in [5.74, 6) is 0.870. The summed E-state index contributed by atoms with van der Waals surface area (Å²) in [6.45, 7) is 12.4. The van der Waals surface area contributed by atoms with Gasteiger partial charge < -0.3 is 10.2 Å². The van der Waals surface area contributed by atoms with E-state index in [1.54, 1.807) is 0 Å². The average Bonchev–Trinajstić information content (AvgIpc) is 2.95. The van der Waals surface area contributed by atoms with Gasteiger partial charge in [-0.2, -0.15) is 0 Å². The van der Waals surface area contributed by atoms with Crippen LogP contribution >= 0.6 is 11.3 Å². The zero-order valence-corrected chi connectivity index (χ0v) is 14.4. The lowest BCUT2D eigenvalue weighted by Gasteiger charge is -2.18. The molecule has 20 heavy (non-hydrogen) atoms. The summed E-state index contributed by atoms with van der Waals surface area (Å²) in [6, 6.07) is 0. The second-order valence-electron chi connectivity index (χ2n) is 6.94. The van der Waals surface area contributed by atoms with E-state index in [2.05, 4.69) is 37.9 Å². The van der Waals surface area contributed by atoms with E-state index in [0.717, 1.165) is 12.5 Å². The SMILES string of the molecule is CCCC1CCN(c2nc(C(C)(C)C)c(CNC)s2)C1. The maximum Gasteiger partial charge on any atom is 0.185 e. The first-order valence-electron chi connectivity index (χ1n) is 7.85. The third kappa shape index (κ3) is 3.53. The van der Waals surface area contributed by atoms with Crippen LogP contribution < -0.4 is 10.2 Å². The Labute approximate surface area is 127 Å². The fourth-order valence-corrected chi connectivity index (χ4v) is 4.31. The van der Waals surface area contributed by atoms with Crippen molar-refractivity contribution in [3.63, 3.8) is 0 Å². The molecule has 1 saturated heterocycles. The number of hydrogen-bond donors (Lipinski definition) is 1. The Morgan fingerprint density at radius 2 is 2.15 bits per heavy atom. The number of thiazole rings is 1. The Bertz CT molecular complexity index is 433. The minimum absolute atomic E-state index is 0.128. The van der Waals surface area contributed by atoms with Crippen LogP contribution in [0.15, 0.2) is 0 Å². The molecule has 1 fully saturated rings. The first kappa shape index (κ1) is 15.8. The fraction of sp³-hybridized carbons (Fsp3) is 0.812. The van der Waals surface area contributed by atoms with Crippen molar-refractivity contribution in [2.75, 3.05) is 25.0 Å². The highest BCUT2D eigenvalue weighted by atomic mass is 32.1. The van der Waals surface area contributed by atoms with E-state index < -0.39 is 0 Å². The average molecular weight is 295 g/mol. The van der Waals surface area contributed by atoms with Crippen LogP contribution in [0.5, 0.6) is 0 Å². The van der Waals surface area contributed by atoms with Crippen LogP contribution in [0.1, 0.15) is 57.5 Å². The van der Waals surface area contributed by atoms with Crippen molar-refractivity contribution in [3.8, 4) is 0 Å². The second kappa shape index (κ2) is 6.44. The first-order chi connectivity index (χ1) is 9.45. The van der Waals surface area contributed by atoms with Crippen LogP contribution in [-0.4, -0.2) is 25.1 Å². The van der Waals surface area contributed by atoms with Crippen molar-refractivity contribution in [1.29, 1.82) is 0 Å². The van der Waals surface area contributed by atoms with E-state index in [1.807, 2.05) is 18.4 Å². The third-order valence-electron chi connectivity index (χ3n) is 3.99. The molecule has 0 bridgehead atoms. The molecule has 114 valence electrons. The second-order valence-corrected chi connectivity index (χ2v) is 8.00. The summed E-state index contributed by atoms with van der Waals surface area (Å²) in [6.07, 6.45) is 3.99. The van der Waals surface area contributed by atoms with Gasteiger partial charge in [-0.15, -0.1) is 11.3 Å². The highest BCUT2D eigenvalue weighted by Gasteiger charge is 2.28. The Morgan fingerprint density at radius 3 is 2.75 bits per heavy atom. The van der Waals surface area contributed by atoms with Gasteiger partial charge in [0.2, 0.25) is 0 Å². The van der Waals surface area contributed by atoms with E-state index in [4.69, 9.17) is 4.98 Å². The molecule has 0 saturated carbocycles. The molecule has 4 heteroatoms. The van der Waals surface area contributed by atoms with Gasteiger partial charge in [-0.1, -0.05) is 34.1 Å². The van der Waals surface area contributed by atoms with E-state index in [-0.39, 0.29) is 5.41 Å². The van der Waals surface area contributed by atoms with Crippen molar-refractivity contribution in [1.82, 2.24) is 10.3 Å². The number of hydrogen-bond acceptors (Lipinski definition) is 4. The molecule has 0 spiro atoms. The lowest BCUT2D eigenvalue weighted by atomic mass is 9.91. The number of aromatic nitrogens is 1. The van der Waals surface area contributed by atoms with Gasteiger partial charge in [-0.25, -0.2) is 4.98 Å². The summed E-state index contributed by atoms with van der Waals surface area (Å²) < 4.78 is 0. The van der Waals surface area contributed by atoms with Gasteiger partial charge >= 0.3 is 0 Å². The van der Waals surface area contributed by atoms with E-state index in [9.17, 15) is 0 Å². The summed E-state index contributed by atoms with van der Waals surface area (Å²) in [7, 11) is 2.01. The Morgan fingerprint density at radius 1 is 1.40 bits per heavy atom. The topological polar surface area (TPSA) is 28.2 Å². The van der Waals surface area contributed by atoms with Crippen LogP contribution in [0, 0.1) is 5.92 Å². The lowest BCUT2D eigenvalue weighted by molar-refractivity contribution is 0.529. The number of nitrogens with zero attached hydrogens (tertiary/aromatic N) is 2. The standard InChI is InChI=1S/C16H29N3S/c1-6-7-12-8-9-19(11-12)15-18-14(16(2,3)4)13(20-15)10-17-5/h12,17H,6-11H2,1-5H3. The molecule has 1 aliphatic rings. The minimum atomic E-state index is 0.128. The number of rotatable bonds is 5. The van der Waals surface area contributed by atoms with Gasteiger partial charge in [0.05, 0.1) is 5.69 Å². The molecule has 0 radical (unpaired) electrons. The molecule has 1 atom stereocenters. The summed E-state index contributed by atoms with van der Waals surface area (Å²) in [5, 5.41) is 4.52. The van der Waals surface area contributed by atoms with Gasteiger partial charge in [-0.3, -0.25) is 0 Å². The van der Waals surface area contributed by atoms with Crippen molar-refractivity contribution in [2.45, 2.75) is 58.9 Å².